The van der Waals surface area contributed by atoms with Gasteiger partial charge >= 0.3 is 0 Å². The highest BCUT2D eigenvalue weighted by molar-refractivity contribution is 6.66. The van der Waals surface area contributed by atoms with Crippen molar-refractivity contribution in [3.63, 3.8) is 0 Å². The normalized spacial score (nSPS) is 10.5. The van der Waals surface area contributed by atoms with Crippen molar-refractivity contribution >= 4 is 14.2 Å². The Morgan fingerprint density at radius 3 is 2.45 bits per heavy atom. The van der Waals surface area contributed by atoms with Gasteiger partial charge < -0.3 is 4.80 Å². The molecule has 0 aliphatic rings. The van der Waals surface area contributed by atoms with Gasteiger partial charge in [-0.1, -0.05) is 43.7 Å². The molecule has 0 aromatic heterocycles. The standard InChI is InChI=1S/C9H13OSi/c1-2-8-11(10)9-6-4-3-5-7-9/h3-7,10H,2,8H2,1H3. The fourth-order valence-corrected chi connectivity index (χ4v) is 2.35. The summed E-state index contributed by atoms with van der Waals surface area (Å²) in [5.74, 6) is 0. The first-order valence-corrected chi connectivity index (χ1v) is 5.60. The molecule has 0 atom stereocenters. The van der Waals surface area contributed by atoms with Gasteiger partial charge in [-0.25, -0.2) is 0 Å². The summed E-state index contributed by atoms with van der Waals surface area (Å²) in [4.78, 5) is 9.62. The SMILES string of the molecule is CCC[Si](O)c1ccccc1. The quantitative estimate of drug-likeness (QED) is 0.669. The highest BCUT2D eigenvalue weighted by Gasteiger charge is 2.08. The molecule has 0 spiro atoms. The molecule has 59 valence electrons. The summed E-state index contributed by atoms with van der Waals surface area (Å²) in [5, 5.41) is 1.12. The molecule has 11 heavy (non-hydrogen) atoms. The summed E-state index contributed by atoms with van der Waals surface area (Å²) < 4.78 is 0. The third kappa shape index (κ3) is 2.48. The zero-order valence-electron chi connectivity index (χ0n) is 6.75. The Morgan fingerprint density at radius 1 is 1.27 bits per heavy atom. The lowest BCUT2D eigenvalue weighted by molar-refractivity contribution is 0.581. The molecule has 0 saturated carbocycles. The Bertz CT molecular complexity index is 198. The third-order valence-electron chi connectivity index (χ3n) is 1.59. The fraction of sp³-hybridized carbons (Fsp3) is 0.333. The van der Waals surface area contributed by atoms with Crippen LogP contribution in [0.4, 0.5) is 0 Å². The summed E-state index contributed by atoms with van der Waals surface area (Å²) in [6, 6.07) is 10.9. The van der Waals surface area contributed by atoms with Gasteiger partial charge in [0.05, 0.1) is 0 Å². The zero-order chi connectivity index (χ0) is 8.10. The van der Waals surface area contributed by atoms with Gasteiger partial charge in [-0.2, -0.15) is 0 Å². The molecule has 1 N–H and O–H groups in total. The summed E-state index contributed by atoms with van der Waals surface area (Å²) in [6.45, 7) is 2.10. The van der Waals surface area contributed by atoms with Crippen LogP contribution in [-0.4, -0.2) is 13.8 Å². The summed E-state index contributed by atoms with van der Waals surface area (Å²) >= 11 is 0. The molecule has 0 unspecified atom stereocenters. The Labute approximate surface area is 69.4 Å². The van der Waals surface area contributed by atoms with Gasteiger partial charge in [0.15, 0.2) is 0 Å². The smallest absolute Gasteiger partial charge is 0.242 e. The van der Waals surface area contributed by atoms with E-state index in [2.05, 4.69) is 6.92 Å². The Hall–Kier alpha value is -0.603. The number of benzene rings is 1. The minimum atomic E-state index is -1.22. The minimum absolute atomic E-state index is 0.953. The molecule has 1 rings (SSSR count). The van der Waals surface area contributed by atoms with Gasteiger partial charge in [-0.05, 0) is 11.2 Å². The summed E-state index contributed by atoms with van der Waals surface area (Å²) in [7, 11) is -1.22. The topological polar surface area (TPSA) is 20.2 Å². The molecule has 0 fully saturated rings. The van der Waals surface area contributed by atoms with Crippen LogP contribution in [0, 0.1) is 0 Å². The lowest BCUT2D eigenvalue weighted by Crippen LogP contribution is -2.28. The Balaban J connectivity index is 2.61. The molecule has 1 aromatic carbocycles. The average molecular weight is 165 g/mol. The van der Waals surface area contributed by atoms with Crippen molar-refractivity contribution in [3.8, 4) is 0 Å². The molecular weight excluding hydrogens is 152 g/mol. The van der Waals surface area contributed by atoms with Crippen LogP contribution in [0.25, 0.3) is 0 Å². The molecule has 1 nitrogen and oxygen atoms in total. The largest absolute Gasteiger partial charge is 0.427 e. The van der Waals surface area contributed by atoms with E-state index in [1.165, 1.54) is 0 Å². The maximum Gasteiger partial charge on any atom is 0.242 e. The van der Waals surface area contributed by atoms with Crippen molar-refractivity contribution in [2.24, 2.45) is 0 Å². The third-order valence-corrected chi connectivity index (χ3v) is 3.57. The molecule has 0 aliphatic carbocycles. The first kappa shape index (κ1) is 8.49. The van der Waals surface area contributed by atoms with Crippen molar-refractivity contribution in [2.45, 2.75) is 19.4 Å². The molecule has 2 heteroatoms. The number of hydrogen-bond acceptors (Lipinski definition) is 1. The van der Waals surface area contributed by atoms with E-state index in [4.69, 9.17) is 0 Å². The van der Waals surface area contributed by atoms with E-state index < -0.39 is 9.04 Å². The van der Waals surface area contributed by atoms with Crippen molar-refractivity contribution < 1.29 is 4.80 Å². The van der Waals surface area contributed by atoms with Crippen molar-refractivity contribution in [1.29, 1.82) is 0 Å². The van der Waals surface area contributed by atoms with E-state index in [0.29, 0.717) is 0 Å². The number of hydrogen-bond donors (Lipinski definition) is 1. The maximum atomic E-state index is 9.62. The average Bonchev–Trinajstić information content (AvgIpc) is 2.07. The predicted molar refractivity (Wildman–Crippen MR) is 49.1 cm³/mol. The second-order valence-corrected chi connectivity index (χ2v) is 4.53. The fourth-order valence-electron chi connectivity index (χ4n) is 1.01. The second-order valence-electron chi connectivity index (χ2n) is 2.56. The lowest BCUT2D eigenvalue weighted by Gasteiger charge is -2.04. The van der Waals surface area contributed by atoms with Crippen LogP contribution in [0.15, 0.2) is 30.3 Å². The molecule has 0 amide bonds. The minimum Gasteiger partial charge on any atom is -0.427 e. The van der Waals surface area contributed by atoms with Gasteiger partial charge in [-0.3, -0.25) is 0 Å². The van der Waals surface area contributed by atoms with Gasteiger partial charge in [0.2, 0.25) is 9.04 Å². The highest BCUT2D eigenvalue weighted by atomic mass is 28.3. The van der Waals surface area contributed by atoms with Crippen molar-refractivity contribution in [2.75, 3.05) is 0 Å². The van der Waals surface area contributed by atoms with Crippen LogP contribution in [-0.2, 0) is 0 Å². The van der Waals surface area contributed by atoms with Crippen LogP contribution in [0.5, 0.6) is 0 Å². The van der Waals surface area contributed by atoms with Crippen LogP contribution in [0.2, 0.25) is 6.04 Å². The van der Waals surface area contributed by atoms with Crippen LogP contribution >= 0.6 is 0 Å². The van der Waals surface area contributed by atoms with Crippen molar-refractivity contribution in [1.82, 2.24) is 0 Å². The van der Waals surface area contributed by atoms with Crippen LogP contribution < -0.4 is 5.19 Å². The van der Waals surface area contributed by atoms with Gasteiger partial charge in [0.1, 0.15) is 0 Å². The Kier molecular flexibility index (Phi) is 3.33. The first-order chi connectivity index (χ1) is 5.34. The zero-order valence-corrected chi connectivity index (χ0v) is 7.75. The van der Waals surface area contributed by atoms with E-state index in [-0.39, 0.29) is 0 Å². The van der Waals surface area contributed by atoms with Crippen LogP contribution in [0.1, 0.15) is 13.3 Å². The molecule has 1 radical (unpaired) electrons. The Morgan fingerprint density at radius 2 is 1.91 bits per heavy atom. The summed E-state index contributed by atoms with van der Waals surface area (Å²) in [6.07, 6.45) is 1.07. The monoisotopic (exact) mass is 165 g/mol. The lowest BCUT2D eigenvalue weighted by atomic mass is 10.4. The molecule has 0 bridgehead atoms. The molecular formula is C9H13OSi. The molecule has 0 saturated heterocycles. The van der Waals surface area contributed by atoms with Gasteiger partial charge in [-0.15, -0.1) is 0 Å². The molecule has 1 aromatic rings. The predicted octanol–water partition coefficient (Wildman–Crippen LogP) is 1.29. The van der Waals surface area contributed by atoms with Gasteiger partial charge in [0.25, 0.3) is 0 Å². The highest BCUT2D eigenvalue weighted by Crippen LogP contribution is 1.94. The summed E-state index contributed by atoms with van der Waals surface area (Å²) in [5.41, 5.74) is 0. The second kappa shape index (κ2) is 4.31. The first-order valence-electron chi connectivity index (χ1n) is 3.94. The van der Waals surface area contributed by atoms with E-state index >= 15 is 0 Å². The maximum absolute atomic E-state index is 9.62. The van der Waals surface area contributed by atoms with E-state index in [1.807, 2.05) is 30.3 Å². The molecule has 0 aliphatic heterocycles. The van der Waals surface area contributed by atoms with E-state index in [1.54, 1.807) is 0 Å². The van der Waals surface area contributed by atoms with E-state index in [9.17, 15) is 4.80 Å². The van der Waals surface area contributed by atoms with E-state index in [0.717, 1.165) is 17.7 Å². The van der Waals surface area contributed by atoms with Crippen molar-refractivity contribution in [3.05, 3.63) is 30.3 Å². The number of rotatable bonds is 3. The van der Waals surface area contributed by atoms with Crippen LogP contribution in [0.3, 0.4) is 0 Å². The van der Waals surface area contributed by atoms with Gasteiger partial charge in [0, 0.05) is 0 Å². The molecule has 0 heterocycles.